The van der Waals surface area contributed by atoms with Crippen LogP contribution in [0.1, 0.15) is 10.7 Å². The van der Waals surface area contributed by atoms with E-state index >= 15 is 0 Å². The maximum atomic E-state index is 12.5. The van der Waals surface area contributed by atoms with E-state index in [1.807, 2.05) is 30.5 Å². The number of rotatable bonds is 8. The molecule has 1 aromatic carbocycles. The monoisotopic (exact) mass is 457 g/mol. The van der Waals surface area contributed by atoms with Crippen LogP contribution in [0.4, 0.5) is 5.82 Å². The molecule has 4 aromatic heterocycles. The molecule has 0 bridgehead atoms. The molecule has 0 spiro atoms. The van der Waals surface area contributed by atoms with E-state index in [4.69, 9.17) is 14.0 Å². The highest BCUT2D eigenvalue weighted by molar-refractivity contribution is 6.00. The van der Waals surface area contributed by atoms with Crippen molar-refractivity contribution in [2.45, 2.75) is 0 Å². The molecular formula is C23H19N7O4. The summed E-state index contributed by atoms with van der Waals surface area (Å²) in [5, 5.41) is 10.9. The molecule has 0 aliphatic rings. The number of benzene rings is 1. The number of carbonyl (C=O) groups is 1. The largest absolute Gasteiger partial charge is 0.491 e. The maximum Gasteiger partial charge on any atom is 0.316 e. The number of nitrogens with one attached hydrogen (secondary N) is 1. The Hall–Kier alpha value is -4.64. The summed E-state index contributed by atoms with van der Waals surface area (Å²) in [5.41, 5.74) is 2.75. The van der Waals surface area contributed by atoms with Crippen molar-refractivity contribution in [2.24, 2.45) is 0 Å². The molecule has 0 saturated heterocycles. The first-order valence-corrected chi connectivity index (χ1v) is 10.3. The Morgan fingerprint density at radius 3 is 2.79 bits per heavy atom. The van der Waals surface area contributed by atoms with Gasteiger partial charge in [0.1, 0.15) is 18.2 Å². The van der Waals surface area contributed by atoms with Crippen molar-refractivity contribution in [3.63, 3.8) is 0 Å². The highest BCUT2D eigenvalue weighted by Crippen LogP contribution is 2.30. The molecule has 170 valence electrons. The lowest BCUT2D eigenvalue weighted by molar-refractivity contribution is 0.0981. The van der Waals surface area contributed by atoms with E-state index in [1.165, 1.54) is 0 Å². The number of anilines is 1. The molecule has 0 saturated carbocycles. The Labute approximate surface area is 193 Å². The van der Waals surface area contributed by atoms with E-state index in [0.29, 0.717) is 41.7 Å². The second kappa shape index (κ2) is 9.46. The zero-order chi connectivity index (χ0) is 23.3. The molecule has 11 nitrogen and oxygen atoms in total. The molecule has 0 unspecified atom stereocenters. The Bertz CT molecular complexity index is 1400. The first kappa shape index (κ1) is 21.2. The molecule has 0 radical (unpaired) electrons. The number of amides is 1. The van der Waals surface area contributed by atoms with Crippen LogP contribution in [-0.4, -0.2) is 56.0 Å². The topological polar surface area (TPSA) is 130 Å². The summed E-state index contributed by atoms with van der Waals surface area (Å²) in [7, 11) is 1.60. The number of carbonyl (C=O) groups excluding carboxylic acids is 1. The average molecular weight is 457 g/mol. The molecule has 1 N–H and O–H groups in total. The van der Waals surface area contributed by atoms with Gasteiger partial charge in [0.15, 0.2) is 5.65 Å². The Morgan fingerprint density at radius 1 is 1.06 bits per heavy atom. The maximum absolute atomic E-state index is 12.5. The summed E-state index contributed by atoms with van der Waals surface area (Å²) in [6, 6.07) is 14.3. The summed E-state index contributed by atoms with van der Waals surface area (Å²) < 4.78 is 17.8. The summed E-state index contributed by atoms with van der Waals surface area (Å²) >= 11 is 0. The lowest BCUT2D eigenvalue weighted by Gasteiger charge is -2.09. The molecule has 5 rings (SSSR count). The molecule has 34 heavy (non-hydrogen) atoms. The fourth-order valence-corrected chi connectivity index (χ4v) is 3.21. The molecular weight excluding hydrogens is 438 g/mol. The van der Waals surface area contributed by atoms with Crippen molar-refractivity contribution in [1.82, 2.24) is 29.7 Å². The third-order valence-corrected chi connectivity index (χ3v) is 4.78. The van der Waals surface area contributed by atoms with Crippen LogP contribution in [0.2, 0.25) is 0 Å². The van der Waals surface area contributed by atoms with Crippen molar-refractivity contribution >= 4 is 17.4 Å². The zero-order valence-corrected chi connectivity index (χ0v) is 18.1. The highest BCUT2D eigenvalue weighted by Gasteiger charge is 2.18. The smallest absolute Gasteiger partial charge is 0.316 e. The van der Waals surface area contributed by atoms with Gasteiger partial charge in [0.2, 0.25) is 5.82 Å². The minimum absolute atomic E-state index is 0.190. The summed E-state index contributed by atoms with van der Waals surface area (Å²) in [6.45, 7) is 0.786. The predicted octanol–water partition coefficient (Wildman–Crippen LogP) is 3.12. The van der Waals surface area contributed by atoms with Gasteiger partial charge in [-0.2, -0.15) is 10.1 Å². The van der Waals surface area contributed by atoms with Crippen LogP contribution >= 0.6 is 0 Å². The number of methoxy groups -OCH3 is 1. The summed E-state index contributed by atoms with van der Waals surface area (Å²) in [5.74, 6) is 0.426. The zero-order valence-electron chi connectivity index (χ0n) is 18.1. The fourth-order valence-electron chi connectivity index (χ4n) is 3.21. The van der Waals surface area contributed by atoms with Gasteiger partial charge in [-0.1, -0.05) is 11.2 Å². The van der Waals surface area contributed by atoms with Crippen LogP contribution in [0, 0.1) is 0 Å². The quantitative estimate of drug-likeness (QED) is 0.349. The second-order valence-electron chi connectivity index (χ2n) is 7.13. The average Bonchev–Trinajstić information content (AvgIpc) is 3.53. The molecule has 1 amide bonds. The number of aromatic nitrogens is 6. The van der Waals surface area contributed by atoms with Gasteiger partial charge in [-0.15, -0.1) is 0 Å². The molecule has 11 heteroatoms. The molecule has 0 atom stereocenters. The minimum atomic E-state index is -0.559. The summed E-state index contributed by atoms with van der Waals surface area (Å²) in [6.07, 6.45) is 5.07. The Balaban J connectivity index is 1.47. The third-order valence-electron chi connectivity index (χ3n) is 4.78. The van der Waals surface area contributed by atoms with E-state index < -0.39 is 5.91 Å². The van der Waals surface area contributed by atoms with Gasteiger partial charge in [-0.3, -0.25) is 4.79 Å². The highest BCUT2D eigenvalue weighted by atomic mass is 16.5. The Morgan fingerprint density at radius 2 is 1.97 bits per heavy atom. The van der Waals surface area contributed by atoms with E-state index in [1.54, 1.807) is 48.3 Å². The van der Waals surface area contributed by atoms with Crippen LogP contribution in [0.5, 0.6) is 5.75 Å². The number of hydrogen-bond donors (Lipinski definition) is 1. The van der Waals surface area contributed by atoms with Gasteiger partial charge in [0.25, 0.3) is 0 Å². The van der Waals surface area contributed by atoms with Crippen LogP contribution in [0.25, 0.3) is 28.3 Å². The number of ether oxygens (including phenoxy) is 2. The van der Waals surface area contributed by atoms with Crippen molar-refractivity contribution in [1.29, 1.82) is 0 Å². The van der Waals surface area contributed by atoms with E-state index in [2.05, 4.69) is 30.5 Å². The second-order valence-corrected chi connectivity index (χ2v) is 7.13. The van der Waals surface area contributed by atoms with Crippen molar-refractivity contribution in [3.8, 4) is 28.4 Å². The van der Waals surface area contributed by atoms with Crippen LogP contribution in [0.15, 0.2) is 71.6 Å². The van der Waals surface area contributed by atoms with Gasteiger partial charge >= 0.3 is 11.8 Å². The van der Waals surface area contributed by atoms with Crippen LogP contribution in [-0.2, 0) is 4.74 Å². The van der Waals surface area contributed by atoms with Crippen LogP contribution < -0.4 is 10.1 Å². The number of hydrogen-bond acceptors (Lipinski definition) is 9. The summed E-state index contributed by atoms with van der Waals surface area (Å²) in [4.78, 5) is 25.4. The van der Waals surface area contributed by atoms with Crippen molar-refractivity contribution < 1.29 is 18.8 Å². The first-order chi connectivity index (χ1) is 16.7. The lowest BCUT2D eigenvalue weighted by Crippen LogP contribution is -2.13. The number of nitrogens with zero attached hydrogens (tertiary/aromatic N) is 6. The molecule has 0 fully saturated rings. The van der Waals surface area contributed by atoms with Gasteiger partial charge in [0.05, 0.1) is 18.5 Å². The molecule has 0 aliphatic carbocycles. The molecule has 5 aromatic rings. The molecule has 4 heterocycles. The van der Waals surface area contributed by atoms with Gasteiger partial charge in [-0.25, -0.2) is 14.5 Å². The normalized spacial score (nSPS) is 11.0. The lowest BCUT2D eigenvalue weighted by atomic mass is 10.1. The van der Waals surface area contributed by atoms with E-state index in [0.717, 1.165) is 5.56 Å². The number of imidazole rings is 1. The Kier molecular flexibility index (Phi) is 5.91. The standard InChI is InChI=1S/C23H19N7O4/c1-32-9-10-33-17-12-15(18-14-30-20(26-18)6-4-8-25-30)11-16(13-17)21-28-23(34-29-21)22(31)27-19-5-2-3-7-24-19/h2-8,11-14H,9-10H2,1H3,(H,24,27,31). The number of pyridine rings is 1. The predicted molar refractivity (Wildman–Crippen MR) is 121 cm³/mol. The first-order valence-electron chi connectivity index (χ1n) is 10.3. The van der Waals surface area contributed by atoms with Gasteiger partial charge in [-0.05, 0) is 42.5 Å². The van der Waals surface area contributed by atoms with E-state index in [-0.39, 0.29) is 11.7 Å². The van der Waals surface area contributed by atoms with Gasteiger partial charge in [0, 0.05) is 30.6 Å². The number of fused-ring (bicyclic) bond motifs is 1. The third kappa shape index (κ3) is 4.59. The van der Waals surface area contributed by atoms with Crippen molar-refractivity contribution in [3.05, 3.63) is 73.0 Å². The van der Waals surface area contributed by atoms with E-state index in [9.17, 15) is 4.79 Å². The van der Waals surface area contributed by atoms with Crippen molar-refractivity contribution in [2.75, 3.05) is 25.6 Å². The fraction of sp³-hybridized carbons (Fsp3) is 0.130. The van der Waals surface area contributed by atoms with Gasteiger partial charge < -0.3 is 19.3 Å². The minimum Gasteiger partial charge on any atom is -0.491 e. The SMILES string of the molecule is COCCOc1cc(-c2cn3ncccc3n2)cc(-c2noc(C(=O)Nc3ccccn3)n2)c1. The molecule has 0 aliphatic heterocycles. The van der Waals surface area contributed by atoms with Crippen LogP contribution in [0.3, 0.4) is 0 Å².